The Morgan fingerprint density at radius 2 is 1.48 bits per heavy atom. The van der Waals surface area contributed by atoms with Gasteiger partial charge in [-0.25, -0.2) is 4.79 Å². The van der Waals surface area contributed by atoms with Crippen LogP contribution in [0, 0.1) is 0 Å². The van der Waals surface area contributed by atoms with Crippen LogP contribution in [0.25, 0.3) is 0 Å². The van der Waals surface area contributed by atoms with Crippen molar-refractivity contribution >= 4 is 17.6 Å². The summed E-state index contributed by atoms with van der Waals surface area (Å²) in [5.74, 6) is 0.283. The number of ether oxygens (including phenoxy) is 1. The molecule has 3 amide bonds. The summed E-state index contributed by atoms with van der Waals surface area (Å²) in [5, 5.41) is 7.89. The summed E-state index contributed by atoms with van der Waals surface area (Å²) in [6, 6.07) is 25.2. The van der Waals surface area contributed by atoms with Gasteiger partial charge in [-0.3, -0.25) is 10.1 Å². The standard InChI is InChI=1S/C23H23N3O3/c1-24-23(28)26-22(27)21(18-10-6-3-7-11-18)25-19-12-14-20(15-13-19)29-16-17-8-4-2-5-9-17/h2-15,21,25H,16H2,1H3,(H2,24,26,27,28)/t21-/m0/s1. The van der Waals surface area contributed by atoms with E-state index in [4.69, 9.17) is 4.74 Å². The van der Waals surface area contributed by atoms with Gasteiger partial charge in [-0.1, -0.05) is 60.7 Å². The number of hydrogen-bond acceptors (Lipinski definition) is 4. The highest BCUT2D eigenvalue weighted by atomic mass is 16.5. The highest BCUT2D eigenvalue weighted by Crippen LogP contribution is 2.23. The molecule has 3 aromatic rings. The normalized spacial score (nSPS) is 11.2. The SMILES string of the molecule is CNC(=O)NC(=O)[C@@H](Nc1ccc(OCc2ccccc2)cc1)c1ccccc1. The fourth-order valence-electron chi connectivity index (χ4n) is 2.75. The van der Waals surface area contributed by atoms with Crippen molar-refractivity contribution in [1.82, 2.24) is 10.6 Å². The summed E-state index contributed by atoms with van der Waals surface area (Å²) in [6.07, 6.45) is 0. The van der Waals surface area contributed by atoms with E-state index in [9.17, 15) is 9.59 Å². The number of amides is 3. The van der Waals surface area contributed by atoms with Gasteiger partial charge in [0.15, 0.2) is 0 Å². The molecule has 0 aliphatic rings. The molecule has 0 aliphatic carbocycles. The molecule has 0 heterocycles. The third-order valence-corrected chi connectivity index (χ3v) is 4.27. The monoisotopic (exact) mass is 389 g/mol. The molecule has 6 nitrogen and oxygen atoms in total. The molecule has 0 aliphatic heterocycles. The van der Waals surface area contributed by atoms with Gasteiger partial charge in [0.05, 0.1) is 0 Å². The molecule has 29 heavy (non-hydrogen) atoms. The topological polar surface area (TPSA) is 79.5 Å². The lowest BCUT2D eigenvalue weighted by atomic mass is 10.1. The molecule has 0 bridgehead atoms. The van der Waals surface area contributed by atoms with Crippen molar-refractivity contribution in [2.75, 3.05) is 12.4 Å². The van der Waals surface area contributed by atoms with Crippen LogP contribution in [0.2, 0.25) is 0 Å². The Balaban J connectivity index is 1.68. The lowest BCUT2D eigenvalue weighted by Gasteiger charge is -2.19. The predicted octanol–water partition coefficient (Wildman–Crippen LogP) is 3.87. The molecular formula is C23H23N3O3. The van der Waals surface area contributed by atoms with Crippen LogP contribution in [0.4, 0.5) is 10.5 Å². The Labute approximate surface area is 169 Å². The number of hydrogen-bond donors (Lipinski definition) is 3. The van der Waals surface area contributed by atoms with E-state index in [0.717, 1.165) is 22.6 Å². The van der Waals surface area contributed by atoms with Crippen LogP contribution in [-0.2, 0) is 11.4 Å². The van der Waals surface area contributed by atoms with Crippen molar-refractivity contribution in [1.29, 1.82) is 0 Å². The summed E-state index contributed by atoms with van der Waals surface area (Å²) in [4.78, 5) is 24.1. The van der Waals surface area contributed by atoms with Gasteiger partial charge < -0.3 is 15.4 Å². The molecule has 3 N–H and O–H groups in total. The van der Waals surface area contributed by atoms with Gasteiger partial charge in [0, 0.05) is 12.7 Å². The van der Waals surface area contributed by atoms with Crippen LogP contribution in [-0.4, -0.2) is 19.0 Å². The van der Waals surface area contributed by atoms with Gasteiger partial charge in [0.1, 0.15) is 18.4 Å². The maximum absolute atomic E-state index is 12.6. The molecule has 0 unspecified atom stereocenters. The first-order valence-electron chi connectivity index (χ1n) is 9.26. The van der Waals surface area contributed by atoms with Crippen LogP contribution < -0.4 is 20.7 Å². The van der Waals surface area contributed by atoms with Gasteiger partial charge in [0.25, 0.3) is 5.91 Å². The molecule has 0 saturated heterocycles. The Kier molecular flexibility index (Phi) is 6.84. The molecule has 6 heteroatoms. The van der Waals surface area contributed by atoms with Gasteiger partial charge in [-0.2, -0.15) is 0 Å². The molecule has 0 aromatic heterocycles. The Morgan fingerprint density at radius 1 is 0.862 bits per heavy atom. The zero-order chi connectivity index (χ0) is 20.5. The molecule has 0 saturated carbocycles. The van der Waals surface area contributed by atoms with E-state index in [1.54, 1.807) is 0 Å². The minimum absolute atomic E-state index is 0.444. The van der Waals surface area contributed by atoms with E-state index in [2.05, 4.69) is 16.0 Å². The van der Waals surface area contributed by atoms with Crippen molar-refractivity contribution in [3.8, 4) is 5.75 Å². The summed E-state index contributed by atoms with van der Waals surface area (Å²) in [5.41, 5.74) is 2.57. The van der Waals surface area contributed by atoms with Gasteiger partial charge in [0.2, 0.25) is 0 Å². The first-order chi connectivity index (χ1) is 14.2. The zero-order valence-corrected chi connectivity index (χ0v) is 16.1. The molecule has 1 atom stereocenters. The van der Waals surface area contributed by atoms with Crippen molar-refractivity contribution < 1.29 is 14.3 Å². The number of carbonyl (C=O) groups is 2. The highest BCUT2D eigenvalue weighted by Gasteiger charge is 2.22. The van der Waals surface area contributed by atoms with Crippen molar-refractivity contribution in [2.24, 2.45) is 0 Å². The molecular weight excluding hydrogens is 366 g/mol. The number of benzene rings is 3. The van der Waals surface area contributed by atoms with Crippen molar-refractivity contribution in [3.05, 3.63) is 96.1 Å². The van der Waals surface area contributed by atoms with E-state index in [-0.39, 0.29) is 0 Å². The number of imide groups is 1. The largest absolute Gasteiger partial charge is 0.489 e. The van der Waals surface area contributed by atoms with Crippen molar-refractivity contribution in [2.45, 2.75) is 12.6 Å². The van der Waals surface area contributed by atoms with Crippen molar-refractivity contribution in [3.63, 3.8) is 0 Å². The molecule has 148 valence electrons. The van der Waals surface area contributed by atoms with Crippen LogP contribution in [0.5, 0.6) is 5.75 Å². The molecule has 3 rings (SSSR count). The third-order valence-electron chi connectivity index (χ3n) is 4.27. The van der Waals surface area contributed by atoms with E-state index in [1.165, 1.54) is 7.05 Å². The Bertz CT molecular complexity index is 929. The van der Waals surface area contributed by atoms with E-state index in [1.807, 2.05) is 84.9 Å². The van der Waals surface area contributed by atoms with Crippen LogP contribution in [0.1, 0.15) is 17.2 Å². The summed E-state index contributed by atoms with van der Waals surface area (Å²) in [7, 11) is 1.46. The molecule has 0 fully saturated rings. The van der Waals surface area contributed by atoms with Crippen LogP contribution in [0.3, 0.4) is 0 Å². The van der Waals surface area contributed by atoms with E-state index < -0.39 is 18.0 Å². The zero-order valence-electron chi connectivity index (χ0n) is 16.1. The summed E-state index contributed by atoms with van der Waals surface area (Å²) in [6.45, 7) is 0.481. The average molecular weight is 389 g/mol. The van der Waals surface area contributed by atoms with Crippen LogP contribution in [0.15, 0.2) is 84.9 Å². The Morgan fingerprint density at radius 3 is 2.10 bits per heavy atom. The lowest BCUT2D eigenvalue weighted by molar-refractivity contribution is -0.120. The third kappa shape index (κ3) is 5.84. The molecule has 3 aromatic carbocycles. The second-order valence-electron chi connectivity index (χ2n) is 6.36. The Hall–Kier alpha value is -3.80. The van der Waals surface area contributed by atoms with E-state index >= 15 is 0 Å². The molecule has 0 radical (unpaired) electrons. The van der Waals surface area contributed by atoms with Gasteiger partial charge >= 0.3 is 6.03 Å². The number of anilines is 1. The number of carbonyl (C=O) groups excluding carboxylic acids is 2. The van der Waals surface area contributed by atoms with Crippen LogP contribution >= 0.6 is 0 Å². The fraction of sp³-hybridized carbons (Fsp3) is 0.130. The first kappa shape index (κ1) is 19.9. The highest BCUT2D eigenvalue weighted by molar-refractivity contribution is 5.98. The quantitative estimate of drug-likeness (QED) is 0.573. The summed E-state index contributed by atoms with van der Waals surface area (Å²) >= 11 is 0. The number of urea groups is 1. The second-order valence-corrected chi connectivity index (χ2v) is 6.36. The minimum atomic E-state index is -0.718. The predicted molar refractivity (Wildman–Crippen MR) is 113 cm³/mol. The maximum atomic E-state index is 12.6. The average Bonchev–Trinajstić information content (AvgIpc) is 2.78. The van der Waals surface area contributed by atoms with Gasteiger partial charge in [-0.15, -0.1) is 0 Å². The fourth-order valence-corrected chi connectivity index (χ4v) is 2.75. The maximum Gasteiger partial charge on any atom is 0.321 e. The second kappa shape index (κ2) is 9.94. The van der Waals surface area contributed by atoms with E-state index in [0.29, 0.717) is 6.61 Å². The molecule has 0 spiro atoms. The number of nitrogens with one attached hydrogen (secondary N) is 3. The first-order valence-corrected chi connectivity index (χ1v) is 9.26. The number of rotatable bonds is 7. The lowest BCUT2D eigenvalue weighted by Crippen LogP contribution is -2.42. The summed E-state index contributed by atoms with van der Waals surface area (Å²) < 4.78 is 5.79. The van der Waals surface area contributed by atoms with Gasteiger partial charge in [-0.05, 0) is 35.4 Å². The smallest absolute Gasteiger partial charge is 0.321 e. The minimum Gasteiger partial charge on any atom is -0.489 e.